The average molecular weight is 221 g/mol. The van der Waals surface area contributed by atoms with Crippen molar-refractivity contribution in [1.29, 1.82) is 0 Å². The second-order valence-electron chi connectivity index (χ2n) is 4.63. The van der Waals surface area contributed by atoms with E-state index < -0.39 is 0 Å². The Morgan fingerprint density at radius 1 is 1.40 bits per heavy atom. The molecule has 1 saturated carbocycles. The molecule has 1 nitrogen and oxygen atoms in total. The van der Waals surface area contributed by atoms with Crippen LogP contribution in [0.2, 0.25) is 0 Å². The van der Waals surface area contributed by atoms with E-state index >= 15 is 0 Å². The second kappa shape index (κ2) is 3.84. The predicted octanol–water partition coefficient (Wildman–Crippen LogP) is 3.10. The first-order valence-corrected chi connectivity index (χ1v) is 6.73. The zero-order chi connectivity index (χ0) is 11.1. The zero-order valence-electron chi connectivity index (χ0n) is 9.71. The highest BCUT2D eigenvalue weighted by atomic mass is 32.2. The van der Waals surface area contributed by atoms with E-state index in [1.807, 2.05) is 11.8 Å². The van der Waals surface area contributed by atoms with E-state index in [0.29, 0.717) is 0 Å². The van der Waals surface area contributed by atoms with Crippen LogP contribution in [0.4, 0.5) is 0 Å². The van der Waals surface area contributed by atoms with Gasteiger partial charge in [0.15, 0.2) is 0 Å². The van der Waals surface area contributed by atoms with Gasteiger partial charge in [-0.05, 0) is 50.1 Å². The minimum absolute atomic E-state index is 0.273. The Bertz CT molecular complexity index is 367. The molecular weight excluding hydrogens is 202 g/mol. The summed E-state index contributed by atoms with van der Waals surface area (Å²) in [4.78, 5) is 1.39. The van der Waals surface area contributed by atoms with Gasteiger partial charge in [0.05, 0.1) is 0 Å². The maximum Gasteiger partial charge on any atom is 0.0108 e. The Balaban J connectivity index is 2.38. The van der Waals surface area contributed by atoms with Crippen LogP contribution in [0.5, 0.6) is 0 Å². The monoisotopic (exact) mass is 221 g/mol. The topological polar surface area (TPSA) is 26.0 Å². The lowest BCUT2D eigenvalue weighted by molar-refractivity contribution is 0.555. The Morgan fingerprint density at radius 2 is 2.07 bits per heavy atom. The fourth-order valence-corrected chi connectivity index (χ4v) is 2.91. The highest BCUT2D eigenvalue weighted by Crippen LogP contribution is 2.50. The lowest BCUT2D eigenvalue weighted by Gasteiger charge is -2.21. The molecule has 0 aliphatic heterocycles. The third-order valence-corrected chi connectivity index (χ3v) is 4.52. The Morgan fingerprint density at radius 3 is 2.53 bits per heavy atom. The summed E-state index contributed by atoms with van der Waals surface area (Å²) in [5.74, 6) is 0. The van der Waals surface area contributed by atoms with E-state index in [1.54, 1.807) is 0 Å². The quantitative estimate of drug-likeness (QED) is 0.794. The summed E-state index contributed by atoms with van der Waals surface area (Å²) >= 11 is 1.82. The molecule has 0 radical (unpaired) electrons. The van der Waals surface area contributed by atoms with Gasteiger partial charge < -0.3 is 5.73 Å². The third kappa shape index (κ3) is 1.81. The van der Waals surface area contributed by atoms with Crippen molar-refractivity contribution in [2.24, 2.45) is 5.73 Å². The first-order valence-electron chi connectivity index (χ1n) is 5.51. The summed E-state index contributed by atoms with van der Waals surface area (Å²) in [5, 5.41) is 0. The van der Waals surface area contributed by atoms with Gasteiger partial charge in [0, 0.05) is 16.4 Å². The molecule has 2 rings (SSSR count). The molecule has 1 atom stereocenters. The third-order valence-electron chi connectivity index (χ3n) is 3.64. The molecule has 1 aliphatic carbocycles. The maximum atomic E-state index is 6.09. The van der Waals surface area contributed by atoms with E-state index in [1.165, 1.54) is 28.9 Å². The van der Waals surface area contributed by atoms with Crippen molar-refractivity contribution in [3.63, 3.8) is 0 Å². The lowest BCUT2D eigenvalue weighted by atomic mass is 9.89. The van der Waals surface area contributed by atoms with Gasteiger partial charge in [0.1, 0.15) is 0 Å². The molecule has 2 heteroatoms. The van der Waals surface area contributed by atoms with Crippen LogP contribution in [0.25, 0.3) is 0 Å². The largest absolute Gasteiger partial charge is 0.327 e. The van der Waals surface area contributed by atoms with Crippen molar-refractivity contribution >= 4 is 11.8 Å². The van der Waals surface area contributed by atoms with Crippen molar-refractivity contribution in [1.82, 2.24) is 0 Å². The van der Waals surface area contributed by atoms with Crippen molar-refractivity contribution in [2.45, 2.75) is 43.0 Å². The Hall–Kier alpha value is -0.470. The summed E-state index contributed by atoms with van der Waals surface area (Å²) in [6.07, 6.45) is 4.64. The van der Waals surface area contributed by atoms with E-state index in [2.05, 4.69) is 38.3 Å². The maximum absolute atomic E-state index is 6.09. The molecule has 82 valence electrons. The van der Waals surface area contributed by atoms with E-state index in [4.69, 9.17) is 5.73 Å². The minimum atomic E-state index is 0.273. The predicted molar refractivity (Wildman–Crippen MR) is 67.5 cm³/mol. The highest BCUT2D eigenvalue weighted by Gasteiger charge is 2.47. The number of nitrogens with two attached hydrogens (primary N) is 1. The summed E-state index contributed by atoms with van der Waals surface area (Å²) in [7, 11) is 0. The Kier molecular flexibility index (Phi) is 2.82. The normalized spacial score (nSPS) is 20.0. The first kappa shape index (κ1) is 11.0. The van der Waals surface area contributed by atoms with E-state index in [0.717, 1.165) is 0 Å². The molecule has 0 amide bonds. The number of thioether (sulfide) groups is 1. The molecule has 1 unspecified atom stereocenters. The van der Waals surface area contributed by atoms with Gasteiger partial charge in [-0.1, -0.05) is 12.1 Å². The minimum Gasteiger partial charge on any atom is -0.327 e. The Labute approximate surface area is 96.4 Å². The van der Waals surface area contributed by atoms with Crippen molar-refractivity contribution in [3.8, 4) is 0 Å². The molecule has 0 saturated heterocycles. The number of aryl methyl sites for hydroxylation is 1. The molecule has 0 heterocycles. The second-order valence-corrected chi connectivity index (χ2v) is 5.48. The zero-order valence-corrected chi connectivity index (χ0v) is 10.5. The standard InChI is InChI=1S/C13H19NS/c1-9-4-5-11(8-12(9)15-3)13(6-7-13)10(2)14/h4-5,8,10H,6-7,14H2,1-3H3. The van der Waals surface area contributed by atoms with Crippen molar-refractivity contribution < 1.29 is 0 Å². The van der Waals surface area contributed by atoms with Crippen LogP contribution in [0.1, 0.15) is 30.9 Å². The molecule has 0 bridgehead atoms. The molecule has 0 spiro atoms. The van der Waals surface area contributed by atoms with Crippen molar-refractivity contribution in [2.75, 3.05) is 6.26 Å². The summed E-state index contributed by atoms with van der Waals surface area (Å²) < 4.78 is 0. The average Bonchev–Trinajstić information content (AvgIpc) is 2.99. The van der Waals surface area contributed by atoms with Gasteiger partial charge in [-0.3, -0.25) is 0 Å². The van der Waals surface area contributed by atoms with Crippen LogP contribution in [-0.2, 0) is 5.41 Å². The lowest BCUT2D eigenvalue weighted by Crippen LogP contribution is -2.31. The fourth-order valence-electron chi connectivity index (χ4n) is 2.27. The van der Waals surface area contributed by atoms with E-state index in [9.17, 15) is 0 Å². The van der Waals surface area contributed by atoms with Gasteiger partial charge in [-0.15, -0.1) is 11.8 Å². The first-order chi connectivity index (χ1) is 7.10. The van der Waals surface area contributed by atoms with Crippen LogP contribution in [0.15, 0.2) is 23.1 Å². The molecule has 2 N–H and O–H groups in total. The molecule has 1 fully saturated rings. The van der Waals surface area contributed by atoms with Gasteiger partial charge in [0.2, 0.25) is 0 Å². The number of rotatable bonds is 3. The van der Waals surface area contributed by atoms with E-state index in [-0.39, 0.29) is 11.5 Å². The van der Waals surface area contributed by atoms with Crippen LogP contribution >= 0.6 is 11.8 Å². The molecule has 1 aromatic carbocycles. The summed E-state index contributed by atoms with van der Waals surface area (Å²) in [6.45, 7) is 4.30. The smallest absolute Gasteiger partial charge is 0.0108 e. The SMILES string of the molecule is CSc1cc(C2(C(C)N)CC2)ccc1C. The van der Waals surface area contributed by atoms with Crippen LogP contribution in [0.3, 0.4) is 0 Å². The summed E-state index contributed by atoms with van der Waals surface area (Å²) in [6, 6.07) is 7.08. The van der Waals surface area contributed by atoms with Crippen LogP contribution in [-0.4, -0.2) is 12.3 Å². The van der Waals surface area contributed by atoms with Crippen LogP contribution < -0.4 is 5.73 Å². The van der Waals surface area contributed by atoms with Gasteiger partial charge >= 0.3 is 0 Å². The molecule has 1 aromatic rings. The fraction of sp³-hybridized carbons (Fsp3) is 0.538. The molecule has 15 heavy (non-hydrogen) atoms. The number of hydrogen-bond donors (Lipinski definition) is 1. The van der Waals surface area contributed by atoms with Crippen LogP contribution in [0, 0.1) is 6.92 Å². The number of hydrogen-bond acceptors (Lipinski definition) is 2. The number of benzene rings is 1. The molecule has 0 aromatic heterocycles. The highest BCUT2D eigenvalue weighted by molar-refractivity contribution is 7.98. The van der Waals surface area contributed by atoms with Gasteiger partial charge in [-0.25, -0.2) is 0 Å². The van der Waals surface area contributed by atoms with Gasteiger partial charge in [0.25, 0.3) is 0 Å². The van der Waals surface area contributed by atoms with Crippen molar-refractivity contribution in [3.05, 3.63) is 29.3 Å². The van der Waals surface area contributed by atoms with Gasteiger partial charge in [-0.2, -0.15) is 0 Å². The summed E-state index contributed by atoms with van der Waals surface area (Å²) in [5.41, 5.74) is 9.18. The molecular formula is C13H19NS. The molecule has 1 aliphatic rings.